The van der Waals surface area contributed by atoms with Crippen molar-refractivity contribution in [2.75, 3.05) is 7.11 Å². The summed E-state index contributed by atoms with van der Waals surface area (Å²) in [4.78, 5) is 0. The SMILES string of the molecule is COc1ccc(Cc2cc(C3OC(C)C(O)C(O)C3O)ccc2C(F)(F)F)c(F)c1F. The highest BCUT2D eigenvalue weighted by Crippen LogP contribution is 2.38. The molecule has 170 valence electrons. The molecule has 1 heterocycles. The Kier molecular flexibility index (Phi) is 6.56. The number of methoxy groups -OCH3 is 1. The van der Waals surface area contributed by atoms with Gasteiger partial charge in [-0.1, -0.05) is 18.2 Å². The van der Waals surface area contributed by atoms with E-state index in [2.05, 4.69) is 4.74 Å². The third-order valence-corrected chi connectivity index (χ3v) is 5.34. The zero-order valence-corrected chi connectivity index (χ0v) is 16.5. The normalized spacial score (nSPS) is 26.7. The summed E-state index contributed by atoms with van der Waals surface area (Å²) in [5.74, 6) is -3.04. The lowest BCUT2D eigenvalue weighted by Gasteiger charge is -2.39. The molecule has 0 saturated carbocycles. The molecule has 1 aliphatic rings. The Hall–Kier alpha value is -2.27. The number of ether oxygens (including phenoxy) is 2. The highest BCUT2D eigenvalue weighted by atomic mass is 19.4. The number of halogens is 5. The molecular formula is C21H21F5O5. The van der Waals surface area contributed by atoms with Crippen LogP contribution in [0.2, 0.25) is 0 Å². The van der Waals surface area contributed by atoms with Gasteiger partial charge in [0, 0.05) is 6.42 Å². The highest BCUT2D eigenvalue weighted by Gasteiger charge is 2.43. The number of hydrogen-bond donors (Lipinski definition) is 3. The van der Waals surface area contributed by atoms with Gasteiger partial charge >= 0.3 is 6.18 Å². The van der Waals surface area contributed by atoms with Crippen LogP contribution in [0.5, 0.6) is 5.75 Å². The van der Waals surface area contributed by atoms with Crippen molar-refractivity contribution in [3.05, 3.63) is 64.2 Å². The molecule has 5 unspecified atom stereocenters. The van der Waals surface area contributed by atoms with Gasteiger partial charge in [-0.25, -0.2) is 4.39 Å². The first-order chi connectivity index (χ1) is 14.5. The Morgan fingerprint density at radius 2 is 1.61 bits per heavy atom. The summed E-state index contributed by atoms with van der Waals surface area (Å²) in [6.07, 6.45) is -12.1. The molecule has 1 saturated heterocycles. The van der Waals surface area contributed by atoms with Crippen LogP contribution in [0.1, 0.15) is 35.3 Å². The van der Waals surface area contributed by atoms with Gasteiger partial charge in [-0.3, -0.25) is 0 Å². The van der Waals surface area contributed by atoms with Crippen molar-refractivity contribution in [1.82, 2.24) is 0 Å². The molecule has 31 heavy (non-hydrogen) atoms. The molecule has 3 N–H and O–H groups in total. The summed E-state index contributed by atoms with van der Waals surface area (Å²) in [7, 11) is 1.13. The van der Waals surface area contributed by atoms with Crippen LogP contribution < -0.4 is 4.74 Å². The van der Waals surface area contributed by atoms with Gasteiger partial charge in [0.15, 0.2) is 11.6 Å². The van der Waals surface area contributed by atoms with Gasteiger partial charge in [0.05, 0.1) is 18.8 Å². The third-order valence-electron chi connectivity index (χ3n) is 5.34. The van der Waals surface area contributed by atoms with Crippen LogP contribution in [-0.4, -0.2) is 46.8 Å². The molecule has 5 nitrogen and oxygen atoms in total. The maximum atomic E-state index is 14.4. The number of benzene rings is 2. The minimum absolute atomic E-state index is 0.0858. The van der Waals surface area contributed by atoms with E-state index in [1.807, 2.05) is 0 Å². The molecule has 0 aliphatic carbocycles. The second-order valence-electron chi connectivity index (χ2n) is 7.38. The Bertz CT molecular complexity index is 948. The number of aliphatic hydroxyl groups is 3. The number of rotatable bonds is 4. The second kappa shape index (κ2) is 8.70. The van der Waals surface area contributed by atoms with E-state index in [4.69, 9.17) is 4.74 Å². The van der Waals surface area contributed by atoms with Crippen molar-refractivity contribution in [2.24, 2.45) is 0 Å². The standard InChI is InChI=1S/C21H21F5O5/c1-9-17(27)18(28)19(29)20(31-9)11-3-5-13(21(24,25)26)12(8-11)7-10-4-6-14(30-2)16(23)15(10)22/h3-6,8-9,17-20,27-29H,7H2,1-2H3. The van der Waals surface area contributed by atoms with E-state index in [9.17, 15) is 37.3 Å². The molecule has 2 aromatic rings. The molecule has 1 fully saturated rings. The summed E-state index contributed by atoms with van der Waals surface area (Å²) >= 11 is 0. The molecule has 1 aliphatic heterocycles. The van der Waals surface area contributed by atoms with E-state index in [-0.39, 0.29) is 22.4 Å². The van der Waals surface area contributed by atoms with Crippen molar-refractivity contribution >= 4 is 0 Å². The average molecular weight is 448 g/mol. The fraction of sp³-hybridized carbons (Fsp3) is 0.429. The van der Waals surface area contributed by atoms with E-state index >= 15 is 0 Å². The lowest BCUT2D eigenvalue weighted by Crippen LogP contribution is -2.53. The van der Waals surface area contributed by atoms with Crippen molar-refractivity contribution < 1.29 is 46.7 Å². The van der Waals surface area contributed by atoms with Crippen LogP contribution in [0.3, 0.4) is 0 Å². The Morgan fingerprint density at radius 1 is 0.935 bits per heavy atom. The quantitative estimate of drug-likeness (QED) is 0.627. The largest absolute Gasteiger partial charge is 0.494 e. The van der Waals surface area contributed by atoms with E-state index in [0.717, 1.165) is 37.4 Å². The number of hydrogen-bond acceptors (Lipinski definition) is 5. The topological polar surface area (TPSA) is 79.2 Å². The zero-order valence-electron chi connectivity index (χ0n) is 16.5. The molecule has 5 atom stereocenters. The predicted molar refractivity (Wildman–Crippen MR) is 98.5 cm³/mol. The fourth-order valence-electron chi connectivity index (χ4n) is 3.61. The number of aliphatic hydroxyl groups excluding tert-OH is 3. The predicted octanol–water partition coefficient (Wildman–Crippen LogP) is 3.13. The Morgan fingerprint density at radius 3 is 2.23 bits per heavy atom. The summed E-state index contributed by atoms with van der Waals surface area (Å²) in [6, 6.07) is 5.12. The second-order valence-corrected chi connectivity index (χ2v) is 7.38. The van der Waals surface area contributed by atoms with E-state index in [0.29, 0.717) is 0 Å². The van der Waals surface area contributed by atoms with E-state index < -0.39 is 60.3 Å². The van der Waals surface area contributed by atoms with Crippen LogP contribution >= 0.6 is 0 Å². The van der Waals surface area contributed by atoms with Gasteiger partial charge in [-0.2, -0.15) is 17.6 Å². The highest BCUT2D eigenvalue weighted by molar-refractivity contribution is 5.41. The van der Waals surface area contributed by atoms with Crippen LogP contribution in [0.15, 0.2) is 30.3 Å². The molecule has 0 aromatic heterocycles. The van der Waals surface area contributed by atoms with Crippen molar-refractivity contribution in [3.63, 3.8) is 0 Å². The van der Waals surface area contributed by atoms with Crippen molar-refractivity contribution in [3.8, 4) is 5.75 Å². The maximum absolute atomic E-state index is 14.4. The van der Waals surface area contributed by atoms with Gasteiger partial charge < -0.3 is 24.8 Å². The maximum Gasteiger partial charge on any atom is 0.416 e. The van der Waals surface area contributed by atoms with Crippen LogP contribution in [-0.2, 0) is 17.3 Å². The Labute approximate surface area is 174 Å². The Balaban J connectivity index is 2.04. The summed E-state index contributed by atoms with van der Waals surface area (Å²) < 4.78 is 79.1. The van der Waals surface area contributed by atoms with Gasteiger partial charge in [0.1, 0.15) is 24.4 Å². The van der Waals surface area contributed by atoms with E-state index in [1.54, 1.807) is 0 Å². The smallest absolute Gasteiger partial charge is 0.416 e. The van der Waals surface area contributed by atoms with Crippen molar-refractivity contribution in [2.45, 2.75) is 50.0 Å². The van der Waals surface area contributed by atoms with Crippen LogP contribution in [0.25, 0.3) is 0 Å². The van der Waals surface area contributed by atoms with Gasteiger partial charge in [0.2, 0.25) is 5.82 Å². The van der Waals surface area contributed by atoms with Crippen molar-refractivity contribution in [1.29, 1.82) is 0 Å². The van der Waals surface area contributed by atoms with Gasteiger partial charge in [0.25, 0.3) is 0 Å². The molecule has 2 aromatic carbocycles. The summed E-state index contributed by atoms with van der Waals surface area (Å²) in [5, 5.41) is 30.0. The first kappa shape index (κ1) is 23.4. The van der Waals surface area contributed by atoms with Gasteiger partial charge in [-0.15, -0.1) is 0 Å². The van der Waals surface area contributed by atoms with E-state index in [1.165, 1.54) is 6.92 Å². The molecule has 10 heteroatoms. The number of alkyl halides is 3. The van der Waals surface area contributed by atoms with Gasteiger partial charge in [-0.05, 0) is 35.7 Å². The fourth-order valence-corrected chi connectivity index (χ4v) is 3.61. The first-order valence-corrected chi connectivity index (χ1v) is 9.36. The zero-order chi connectivity index (χ0) is 23.1. The molecule has 0 bridgehead atoms. The van der Waals surface area contributed by atoms with Crippen LogP contribution in [0, 0.1) is 11.6 Å². The van der Waals surface area contributed by atoms with Crippen LogP contribution in [0.4, 0.5) is 22.0 Å². The lowest BCUT2D eigenvalue weighted by molar-refractivity contribution is -0.219. The lowest BCUT2D eigenvalue weighted by atomic mass is 9.89. The molecule has 3 rings (SSSR count). The minimum Gasteiger partial charge on any atom is -0.494 e. The minimum atomic E-state index is -4.77. The molecule has 0 amide bonds. The molecule has 0 spiro atoms. The monoisotopic (exact) mass is 448 g/mol. The summed E-state index contributed by atoms with van der Waals surface area (Å²) in [5.41, 5.74) is -1.68. The average Bonchev–Trinajstić information content (AvgIpc) is 2.72. The first-order valence-electron chi connectivity index (χ1n) is 9.36. The molecule has 0 radical (unpaired) electrons. The third kappa shape index (κ3) is 4.52. The molecular weight excluding hydrogens is 427 g/mol. The summed E-state index contributed by atoms with van der Waals surface area (Å²) in [6.45, 7) is 1.44.